The van der Waals surface area contributed by atoms with Crippen molar-refractivity contribution < 1.29 is 41.0 Å². The van der Waals surface area contributed by atoms with Gasteiger partial charge < -0.3 is 20.9 Å². The number of hydrogen-bond acceptors (Lipinski definition) is 7. The number of hydrogen-bond donors (Lipinski definition) is 3. The van der Waals surface area contributed by atoms with E-state index in [1.165, 1.54) is 42.7 Å². The van der Waals surface area contributed by atoms with Crippen molar-refractivity contribution >= 4 is 11.6 Å². The van der Waals surface area contributed by atoms with Crippen LogP contribution in [0.2, 0.25) is 0 Å². The van der Waals surface area contributed by atoms with Gasteiger partial charge in [-0.1, -0.05) is 6.07 Å². The number of anilines is 1. The summed E-state index contributed by atoms with van der Waals surface area (Å²) >= 11 is 0. The number of nitrogens with two attached hydrogens (primary N) is 1. The third-order valence-corrected chi connectivity index (χ3v) is 5.08. The number of amides is 1. The zero-order valence-electron chi connectivity index (χ0n) is 18.7. The Balaban J connectivity index is 2.32. The van der Waals surface area contributed by atoms with E-state index < -0.39 is 58.6 Å². The molecule has 1 atom stereocenters. The van der Waals surface area contributed by atoms with Crippen LogP contribution in [0.5, 0.6) is 5.88 Å². The van der Waals surface area contributed by atoms with Gasteiger partial charge in [0.15, 0.2) is 11.3 Å². The Morgan fingerprint density at radius 3 is 2.31 bits per heavy atom. The number of rotatable bonds is 6. The van der Waals surface area contributed by atoms with Crippen LogP contribution < -0.4 is 15.8 Å². The quantitative estimate of drug-likeness (QED) is 0.426. The van der Waals surface area contributed by atoms with E-state index in [2.05, 4.69) is 15.0 Å². The second-order valence-corrected chi connectivity index (χ2v) is 7.70. The van der Waals surface area contributed by atoms with E-state index in [1.807, 2.05) is 5.32 Å². The van der Waals surface area contributed by atoms with Crippen molar-refractivity contribution in [2.24, 2.45) is 0 Å². The number of nitrogens with zero attached hydrogens (tertiary/aromatic N) is 3. The molecule has 0 spiro atoms. The molecule has 3 aromatic rings. The minimum absolute atomic E-state index is 0.263. The lowest BCUT2D eigenvalue weighted by Crippen LogP contribution is -2.51. The number of aromatic nitrogens is 3. The molecular formula is C22H19F6N5O3. The molecular weight excluding hydrogens is 496 g/mol. The number of nitrogen functional groups attached to an aromatic ring is 1. The number of nitrogens with one attached hydrogen (secondary N) is 1. The first kappa shape index (κ1) is 26.7. The molecule has 0 bridgehead atoms. The number of pyridine rings is 3. The second kappa shape index (κ2) is 9.60. The molecule has 0 aliphatic carbocycles. The Bertz CT molecular complexity index is 1260. The molecule has 0 fully saturated rings. The van der Waals surface area contributed by atoms with E-state index in [0.717, 1.165) is 7.11 Å². The van der Waals surface area contributed by atoms with Crippen LogP contribution in [-0.4, -0.2) is 51.4 Å². The van der Waals surface area contributed by atoms with Crippen LogP contribution in [0, 0.1) is 0 Å². The number of carbonyl (C=O) groups is 1. The highest BCUT2D eigenvalue weighted by atomic mass is 19.4. The summed E-state index contributed by atoms with van der Waals surface area (Å²) in [5.74, 6) is -1.62. The van der Waals surface area contributed by atoms with Crippen molar-refractivity contribution in [3.63, 3.8) is 0 Å². The summed E-state index contributed by atoms with van der Waals surface area (Å²) in [6, 6.07) is 6.54. The Labute approximate surface area is 200 Å². The molecule has 192 valence electrons. The van der Waals surface area contributed by atoms with Gasteiger partial charge in [0.25, 0.3) is 5.91 Å². The topological polar surface area (TPSA) is 123 Å². The van der Waals surface area contributed by atoms with Crippen LogP contribution in [0.4, 0.5) is 32.0 Å². The van der Waals surface area contributed by atoms with Crippen molar-refractivity contribution in [1.29, 1.82) is 0 Å². The van der Waals surface area contributed by atoms with Crippen molar-refractivity contribution in [3.05, 3.63) is 54.0 Å². The van der Waals surface area contributed by atoms with Gasteiger partial charge in [0.1, 0.15) is 0 Å². The van der Waals surface area contributed by atoms with Crippen LogP contribution in [-0.2, 0) is 6.18 Å². The predicted molar refractivity (Wildman–Crippen MR) is 116 cm³/mol. The first-order valence-electron chi connectivity index (χ1n) is 10.1. The zero-order valence-corrected chi connectivity index (χ0v) is 18.7. The zero-order chi connectivity index (χ0) is 26.9. The molecule has 8 nitrogen and oxygen atoms in total. The Kier molecular flexibility index (Phi) is 7.11. The molecule has 0 aliphatic heterocycles. The predicted octanol–water partition coefficient (Wildman–Crippen LogP) is 3.86. The van der Waals surface area contributed by atoms with Crippen molar-refractivity contribution in [2.45, 2.75) is 24.9 Å². The number of aliphatic hydroxyl groups is 1. The second-order valence-electron chi connectivity index (χ2n) is 7.70. The summed E-state index contributed by atoms with van der Waals surface area (Å²) < 4.78 is 87.3. The lowest BCUT2D eigenvalue weighted by Gasteiger charge is -2.26. The fraction of sp³-hybridized carbons (Fsp3) is 0.273. The fourth-order valence-corrected chi connectivity index (χ4v) is 3.19. The third-order valence-electron chi connectivity index (χ3n) is 5.08. The van der Waals surface area contributed by atoms with Crippen LogP contribution in [0.1, 0.15) is 23.0 Å². The maximum absolute atomic E-state index is 14.4. The monoisotopic (exact) mass is 515 g/mol. The van der Waals surface area contributed by atoms with Crippen molar-refractivity contribution in [2.75, 3.05) is 19.4 Å². The Hall–Kier alpha value is -3.94. The molecule has 14 heteroatoms. The Morgan fingerprint density at radius 1 is 1.08 bits per heavy atom. The van der Waals surface area contributed by atoms with Crippen molar-refractivity contribution in [1.82, 2.24) is 20.3 Å². The molecule has 0 saturated heterocycles. The van der Waals surface area contributed by atoms with Gasteiger partial charge in [0.2, 0.25) is 5.88 Å². The van der Waals surface area contributed by atoms with Gasteiger partial charge in [0.05, 0.1) is 41.9 Å². The van der Waals surface area contributed by atoms with Gasteiger partial charge in [-0.2, -0.15) is 26.3 Å². The summed E-state index contributed by atoms with van der Waals surface area (Å²) in [4.78, 5) is 24.4. The molecule has 3 rings (SSSR count). The molecule has 0 aliphatic rings. The molecule has 1 amide bonds. The van der Waals surface area contributed by atoms with Crippen LogP contribution in [0.3, 0.4) is 0 Å². The van der Waals surface area contributed by atoms with Gasteiger partial charge >= 0.3 is 12.4 Å². The summed E-state index contributed by atoms with van der Waals surface area (Å²) in [7, 11) is 1.16. The van der Waals surface area contributed by atoms with E-state index in [9.17, 15) is 36.2 Å². The van der Waals surface area contributed by atoms with Crippen LogP contribution >= 0.6 is 0 Å². The first-order chi connectivity index (χ1) is 16.7. The standard InChI is InChI=1S/C22H19F6N5O3/c1-20(35,22(26,27)28)10-32-18(34)17-15(29)13(12-7-3-4-8-30-12)14(21(23,24)25)16(33-17)11-6-5-9-31-19(11)36-2/h3-9,35H,10,29H2,1-2H3,(H,32,34). The summed E-state index contributed by atoms with van der Waals surface area (Å²) in [6.45, 7) is -0.899. The number of methoxy groups -OCH3 is 1. The SMILES string of the molecule is COc1ncccc1-c1nc(C(=O)NCC(C)(O)C(F)(F)F)c(N)c(-c2ccccn2)c1C(F)(F)F. The number of alkyl halides is 6. The molecule has 36 heavy (non-hydrogen) atoms. The average Bonchev–Trinajstić information content (AvgIpc) is 2.81. The molecule has 1 unspecified atom stereocenters. The van der Waals surface area contributed by atoms with Crippen molar-refractivity contribution in [3.8, 4) is 28.4 Å². The normalized spacial score (nSPS) is 13.7. The lowest BCUT2D eigenvalue weighted by molar-refractivity contribution is -0.249. The molecule has 4 N–H and O–H groups in total. The molecule has 0 radical (unpaired) electrons. The molecule has 0 saturated carbocycles. The average molecular weight is 515 g/mol. The van der Waals surface area contributed by atoms with E-state index in [1.54, 1.807) is 0 Å². The highest BCUT2D eigenvalue weighted by Gasteiger charge is 2.50. The van der Waals surface area contributed by atoms with E-state index >= 15 is 0 Å². The van der Waals surface area contributed by atoms with Gasteiger partial charge in [0, 0.05) is 18.0 Å². The largest absolute Gasteiger partial charge is 0.481 e. The minimum Gasteiger partial charge on any atom is -0.481 e. The first-order valence-corrected chi connectivity index (χ1v) is 10.1. The van der Waals surface area contributed by atoms with Gasteiger partial charge in [-0.05, 0) is 31.2 Å². The number of carbonyl (C=O) groups excluding carboxylic acids is 1. The summed E-state index contributed by atoms with van der Waals surface area (Å²) in [6.07, 6.45) is -7.73. The molecule has 3 aromatic heterocycles. The van der Waals surface area contributed by atoms with Crippen LogP contribution in [0.15, 0.2) is 42.7 Å². The van der Waals surface area contributed by atoms with E-state index in [0.29, 0.717) is 6.92 Å². The minimum atomic E-state index is -5.10. The van der Waals surface area contributed by atoms with E-state index in [-0.39, 0.29) is 17.1 Å². The molecule has 0 aromatic carbocycles. The molecule has 3 heterocycles. The summed E-state index contributed by atoms with van der Waals surface area (Å²) in [5, 5.41) is 11.5. The highest BCUT2D eigenvalue weighted by Crippen LogP contribution is 2.46. The number of ether oxygens (including phenoxy) is 1. The van der Waals surface area contributed by atoms with Gasteiger partial charge in [-0.3, -0.25) is 9.78 Å². The summed E-state index contributed by atoms with van der Waals surface area (Å²) in [5.41, 5.74) is -2.39. The maximum atomic E-state index is 14.4. The fourth-order valence-electron chi connectivity index (χ4n) is 3.19. The highest BCUT2D eigenvalue weighted by molar-refractivity contribution is 6.02. The van der Waals surface area contributed by atoms with Gasteiger partial charge in [-0.15, -0.1) is 0 Å². The van der Waals surface area contributed by atoms with Crippen LogP contribution in [0.25, 0.3) is 22.5 Å². The number of halogens is 6. The Morgan fingerprint density at radius 2 is 1.75 bits per heavy atom. The smallest absolute Gasteiger partial charge is 0.419 e. The van der Waals surface area contributed by atoms with Gasteiger partial charge in [-0.25, -0.2) is 9.97 Å². The van der Waals surface area contributed by atoms with E-state index in [4.69, 9.17) is 10.5 Å². The lowest BCUT2D eigenvalue weighted by atomic mass is 9.95. The third kappa shape index (κ3) is 5.17. The maximum Gasteiger partial charge on any atom is 0.419 e.